The molecule has 2 rings (SSSR count). The molecular formula is C14H20N2O. The molecule has 1 fully saturated rings. The number of hydrogen-bond acceptors (Lipinski definition) is 2. The van der Waals surface area contributed by atoms with Crippen LogP contribution in [0.5, 0.6) is 0 Å². The predicted molar refractivity (Wildman–Crippen MR) is 69.0 cm³/mol. The van der Waals surface area contributed by atoms with Gasteiger partial charge in [0.05, 0.1) is 6.42 Å². The van der Waals surface area contributed by atoms with Crippen LogP contribution in [0, 0.1) is 13.8 Å². The average molecular weight is 232 g/mol. The third kappa shape index (κ3) is 3.30. The normalized spacial score (nSPS) is 19.3. The summed E-state index contributed by atoms with van der Waals surface area (Å²) in [7, 11) is 0. The van der Waals surface area contributed by atoms with E-state index in [1.807, 2.05) is 6.07 Å². The van der Waals surface area contributed by atoms with Gasteiger partial charge >= 0.3 is 0 Å². The Hall–Kier alpha value is -1.35. The highest BCUT2D eigenvalue weighted by Crippen LogP contribution is 2.10. The molecule has 1 aliphatic heterocycles. The van der Waals surface area contributed by atoms with Crippen molar-refractivity contribution in [1.82, 2.24) is 10.6 Å². The summed E-state index contributed by atoms with van der Waals surface area (Å²) >= 11 is 0. The zero-order valence-corrected chi connectivity index (χ0v) is 10.5. The van der Waals surface area contributed by atoms with Crippen molar-refractivity contribution in [2.45, 2.75) is 32.7 Å². The first-order valence-electron chi connectivity index (χ1n) is 6.21. The van der Waals surface area contributed by atoms with Crippen LogP contribution in [0.4, 0.5) is 0 Å². The van der Waals surface area contributed by atoms with Gasteiger partial charge in [-0.15, -0.1) is 0 Å². The monoisotopic (exact) mass is 232 g/mol. The molecule has 1 heterocycles. The van der Waals surface area contributed by atoms with Crippen molar-refractivity contribution in [1.29, 1.82) is 0 Å². The molecule has 1 atom stereocenters. The van der Waals surface area contributed by atoms with Crippen LogP contribution >= 0.6 is 0 Å². The third-order valence-corrected chi connectivity index (χ3v) is 3.36. The Bertz CT molecular complexity index is 409. The van der Waals surface area contributed by atoms with Crippen LogP contribution in [0.25, 0.3) is 0 Å². The van der Waals surface area contributed by atoms with E-state index in [2.05, 4.69) is 36.6 Å². The molecule has 0 unspecified atom stereocenters. The van der Waals surface area contributed by atoms with Gasteiger partial charge in [-0.3, -0.25) is 4.79 Å². The molecule has 92 valence electrons. The van der Waals surface area contributed by atoms with E-state index >= 15 is 0 Å². The highest BCUT2D eigenvalue weighted by molar-refractivity contribution is 5.79. The lowest BCUT2D eigenvalue weighted by Crippen LogP contribution is -2.37. The molecule has 2 N–H and O–H groups in total. The van der Waals surface area contributed by atoms with Crippen LogP contribution < -0.4 is 10.6 Å². The van der Waals surface area contributed by atoms with Gasteiger partial charge in [-0.2, -0.15) is 0 Å². The van der Waals surface area contributed by atoms with Crippen LogP contribution in [0.3, 0.4) is 0 Å². The van der Waals surface area contributed by atoms with E-state index < -0.39 is 0 Å². The maximum absolute atomic E-state index is 11.8. The summed E-state index contributed by atoms with van der Waals surface area (Å²) in [4.78, 5) is 11.8. The van der Waals surface area contributed by atoms with E-state index in [0.717, 1.165) is 25.1 Å². The van der Waals surface area contributed by atoms with E-state index in [9.17, 15) is 4.79 Å². The Balaban J connectivity index is 1.90. The summed E-state index contributed by atoms with van der Waals surface area (Å²) in [5.41, 5.74) is 3.61. The number of carbonyl (C=O) groups excluding carboxylic acids is 1. The van der Waals surface area contributed by atoms with Gasteiger partial charge in [0.1, 0.15) is 0 Å². The van der Waals surface area contributed by atoms with Gasteiger partial charge in [0, 0.05) is 12.6 Å². The molecule has 1 aliphatic rings. The van der Waals surface area contributed by atoms with Crippen LogP contribution in [-0.4, -0.2) is 25.0 Å². The Morgan fingerprint density at radius 3 is 2.88 bits per heavy atom. The highest BCUT2D eigenvalue weighted by atomic mass is 16.1. The first kappa shape index (κ1) is 12.1. The highest BCUT2D eigenvalue weighted by Gasteiger charge is 2.16. The van der Waals surface area contributed by atoms with Gasteiger partial charge < -0.3 is 10.6 Å². The fraction of sp³-hybridized carbons (Fsp3) is 0.500. The SMILES string of the molecule is Cc1ccc(CC(=O)N[C@H]2CCNC2)cc1C. The average Bonchev–Trinajstić information content (AvgIpc) is 2.76. The molecule has 1 amide bonds. The number of nitrogens with one attached hydrogen (secondary N) is 2. The summed E-state index contributed by atoms with van der Waals surface area (Å²) in [6.45, 7) is 6.08. The summed E-state index contributed by atoms with van der Waals surface area (Å²) in [6, 6.07) is 6.53. The number of rotatable bonds is 3. The van der Waals surface area contributed by atoms with Gasteiger partial charge in [0.2, 0.25) is 5.91 Å². The third-order valence-electron chi connectivity index (χ3n) is 3.36. The second kappa shape index (κ2) is 5.32. The maximum Gasteiger partial charge on any atom is 0.224 e. The molecule has 3 heteroatoms. The largest absolute Gasteiger partial charge is 0.352 e. The van der Waals surface area contributed by atoms with E-state index in [0.29, 0.717) is 12.5 Å². The fourth-order valence-corrected chi connectivity index (χ4v) is 2.16. The molecule has 0 spiro atoms. The van der Waals surface area contributed by atoms with Crippen molar-refractivity contribution in [3.8, 4) is 0 Å². The van der Waals surface area contributed by atoms with Gasteiger partial charge in [-0.25, -0.2) is 0 Å². The quantitative estimate of drug-likeness (QED) is 0.825. The lowest BCUT2D eigenvalue weighted by Gasteiger charge is -2.11. The van der Waals surface area contributed by atoms with Crippen molar-refractivity contribution in [3.05, 3.63) is 34.9 Å². The number of amides is 1. The fourth-order valence-electron chi connectivity index (χ4n) is 2.16. The molecule has 17 heavy (non-hydrogen) atoms. The van der Waals surface area contributed by atoms with E-state index in [-0.39, 0.29) is 5.91 Å². The molecule has 0 saturated carbocycles. The Morgan fingerprint density at radius 2 is 2.24 bits per heavy atom. The van der Waals surface area contributed by atoms with E-state index in [1.165, 1.54) is 11.1 Å². The number of aryl methyl sites for hydroxylation is 2. The van der Waals surface area contributed by atoms with Crippen LogP contribution in [0.2, 0.25) is 0 Å². The first-order chi connectivity index (χ1) is 8.15. The molecule has 0 aliphatic carbocycles. The molecule has 1 aromatic rings. The van der Waals surface area contributed by atoms with Crippen molar-refractivity contribution >= 4 is 5.91 Å². The van der Waals surface area contributed by atoms with Crippen molar-refractivity contribution in [3.63, 3.8) is 0 Å². The minimum atomic E-state index is 0.127. The van der Waals surface area contributed by atoms with E-state index in [4.69, 9.17) is 0 Å². The molecule has 0 radical (unpaired) electrons. The van der Waals surface area contributed by atoms with Gasteiger partial charge in [-0.05, 0) is 43.5 Å². The van der Waals surface area contributed by atoms with Crippen molar-refractivity contribution < 1.29 is 4.79 Å². The summed E-state index contributed by atoms with van der Waals surface area (Å²) in [5, 5.41) is 6.30. The van der Waals surface area contributed by atoms with Gasteiger partial charge in [-0.1, -0.05) is 18.2 Å². The van der Waals surface area contributed by atoms with Crippen molar-refractivity contribution in [2.24, 2.45) is 0 Å². The Labute approximate surface area is 103 Å². The first-order valence-corrected chi connectivity index (χ1v) is 6.21. The maximum atomic E-state index is 11.8. The smallest absolute Gasteiger partial charge is 0.224 e. The standard InChI is InChI=1S/C14H20N2O/c1-10-3-4-12(7-11(10)2)8-14(17)16-13-5-6-15-9-13/h3-4,7,13,15H,5-6,8-9H2,1-2H3,(H,16,17)/t13-/m0/s1. The topological polar surface area (TPSA) is 41.1 Å². The summed E-state index contributed by atoms with van der Waals surface area (Å²) in [6.07, 6.45) is 1.52. The van der Waals surface area contributed by atoms with E-state index in [1.54, 1.807) is 0 Å². The number of benzene rings is 1. The van der Waals surface area contributed by atoms with Gasteiger partial charge in [0.25, 0.3) is 0 Å². The molecule has 1 saturated heterocycles. The second-order valence-corrected chi connectivity index (χ2v) is 4.85. The molecule has 3 nitrogen and oxygen atoms in total. The molecule has 0 aromatic heterocycles. The van der Waals surface area contributed by atoms with Crippen LogP contribution in [0.15, 0.2) is 18.2 Å². The van der Waals surface area contributed by atoms with Crippen molar-refractivity contribution in [2.75, 3.05) is 13.1 Å². The molecule has 1 aromatic carbocycles. The minimum absolute atomic E-state index is 0.127. The Morgan fingerprint density at radius 1 is 1.41 bits per heavy atom. The minimum Gasteiger partial charge on any atom is -0.352 e. The lowest BCUT2D eigenvalue weighted by atomic mass is 10.0. The number of hydrogen-bond donors (Lipinski definition) is 2. The summed E-state index contributed by atoms with van der Waals surface area (Å²) < 4.78 is 0. The van der Waals surface area contributed by atoms with Gasteiger partial charge in [0.15, 0.2) is 0 Å². The zero-order valence-electron chi connectivity index (χ0n) is 10.5. The summed E-state index contributed by atoms with van der Waals surface area (Å²) in [5.74, 6) is 0.127. The zero-order chi connectivity index (χ0) is 12.3. The number of carbonyl (C=O) groups is 1. The van der Waals surface area contributed by atoms with Crippen LogP contribution in [-0.2, 0) is 11.2 Å². The molecule has 0 bridgehead atoms. The Kier molecular flexibility index (Phi) is 3.79. The molecular weight excluding hydrogens is 212 g/mol. The second-order valence-electron chi connectivity index (χ2n) is 4.85. The lowest BCUT2D eigenvalue weighted by molar-refractivity contribution is -0.121. The predicted octanol–water partition coefficient (Wildman–Crippen LogP) is 1.32. The van der Waals surface area contributed by atoms with Crippen LogP contribution in [0.1, 0.15) is 23.1 Å².